The fourth-order valence-electron chi connectivity index (χ4n) is 0.204. The molecule has 0 amide bonds. The van der Waals surface area contributed by atoms with Gasteiger partial charge in [0.2, 0.25) is 0 Å². The van der Waals surface area contributed by atoms with Crippen LogP contribution in [0.1, 0.15) is 21.0 Å². The summed E-state index contributed by atoms with van der Waals surface area (Å²) >= 11 is -1.72. The molecule has 15 heavy (non-hydrogen) atoms. The standard InChI is InChI=1S/C4H10O.2Al.3ClH.5Li.8H/c1-3-5-4-2;;;;;;;;;;;;;;;;;;/h3-4H2,1-2H3;;;3*1H;;;;;;;;;;;;;/q;;+3;;;;5*+1;;;;5*-1/p-3. The van der Waals surface area contributed by atoms with Crippen molar-refractivity contribution in [2.24, 2.45) is 0 Å². The summed E-state index contributed by atoms with van der Waals surface area (Å²) < 4.78 is 4.83. The summed E-state index contributed by atoms with van der Waals surface area (Å²) in [5.74, 6) is 0. The summed E-state index contributed by atoms with van der Waals surface area (Å²) in [7, 11) is 14.8. The molecule has 0 bridgehead atoms. The van der Waals surface area contributed by atoms with Gasteiger partial charge in [0, 0.05) is 13.2 Å². The second-order valence-corrected chi connectivity index (χ2v) is 7.46. The van der Waals surface area contributed by atoms with Crippen LogP contribution in [-0.4, -0.2) is 42.0 Å². The van der Waals surface area contributed by atoms with Crippen LogP contribution >= 0.6 is 30.1 Å². The van der Waals surface area contributed by atoms with E-state index in [0.29, 0.717) is 0 Å². The molecule has 0 rings (SSSR count). The largest absolute Gasteiger partial charge is 1.00 e. The molecule has 0 aromatic heterocycles. The Morgan fingerprint density at radius 1 is 0.867 bits per heavy atom. The minimum Gasteiger partial charge on any atom is -1.00 e. The zero-order chi connectivity index (χ0) is 7.70. The molecular formula is C4H18Al2Cl3Li5O. The first kappa shape index (κ1) is 50.2. The molecule has 0 fully saturated rings. The Morgan fingerprint density at radius 2 is 1.00 bits per heavy atom. The quantitative estimate of drug-likeness (QED) is 0.456. The predicted octanol–water partition coefficient (Wildman–Crippen LogP) is -12.9. The smallest absolute Gasteiger partial charge is 1.00 e. The zero-order valence-electron chi connectivity index (χ0n) is 15.5. The van der Waals surface area contributed by atoms with Crippen molar-refractivity contribution in [3.8, 4) is 0 Å². The van der Waals surface area contributed by atoms with Crippen LogP contribution in [-0.2, 0) is 4.74 Å². The Kier molecular flexibility index (Phi) is 171. The fraction of sp³-hybridized carbons (Fsp3) is 1.00. The number of hydrogen-bond acceptors (Lipinski definition) is 1. The Bertz CT molecular complexity index is 72.7. The molecule has 11 heteroatoms. The minimum absolute atomic E-state index is 0. The third-order valence-corrected chi connectivity index (χ3v) is 0.408. The van der Waals surface area contributed by atoms with E-state index < -0.39 is 11.4 Å². The third kappa shape index (κ3) is 114. The molecule has 0 N–H and O–H groups in total. The van der Waals surface area contributed by atoms with E-state index in [1.54, 1.807) is 0 Å². The molecule has 0 unspecified atom stereocenters. The molecule has 0 aliphatic carbocycles. The van der Waals surface area contributed by atoms with Crippen molar-refractivity contribution in [2.75, 3.05) is 13.2 Å². The van der Waals surface area contributed by atoms with E-state index in [0.717, 1.165) is 13.2 Å². The van der Waals surface area contributed by atoms with E-state index in [4.69, 9.17) is 34.9 Å². The van der Waals surface area contributed by atoms with E-state index in [-0.39, 0.29) is 119 Å². The molecule has 0 aliphatic heterocycles. The Hall–Kier alpha value is 4.88. The van der Waals surface area contributed by atoms with Gasteiger partial charge in [-0.1, -0.05) is 0 Å². The van der Waals surface area contributed by atoms with Gasteiger partial charge in [0.15, 0.2) is 17.4 Å². The van der Waals surface area contributed by atoms with Crippen LogP contribution < -0.4 is 94.3 Å². The van der Waals surface area contributed by atoms with Gasteiger partial charge in [-0.2, -0.15) is 0 Å². The summed E-state index contributed by atoms with van der Waals surface area (Å²) in [4.78, 5) is 0. The van der Waals surface area contributed by atoms with Crippen LogP contribution in [0.25, 0.3) is 0 Å². The number of hydrogen-bond donors (Lipinski definition) is 0. The van der Waals surface area contributed by atoms with Crippen LogP contribution in [0.3, 0.4) is 0 Å². The molecular weight excluding hydrogens is 259 g/mol. The van der Waals surface area contributed by atoms with Crippen LogP contribution in [0.15, 0.2) is 0 Å². The van der Waals surface area contributed by atoms with Gasteiger partial charge >= 0.3 is 106 Å². The van der Waals surface area contributed by atoms with E-state index in [1.807, 2.05) is 13.8 Å². The number of halogens is 3. The monoisotopic (exact) mass is 276 g/mol. The zero-order valence-corrected chi connectivity index (χ0v) is 14.0. The normalized spacial score (nSPS) is 4.60. The first-order valence-electron chi connectivity index (χ1n) is 2.65. The Morgan fingerprint density at radius 3 is 1.00 bits per heavy atom. The first-order valence-corrected chi connectivity index (χ1v) is 7.88. The molecule has 0 saturated carbocycles. The van der Waals surface area contributed by atoms with Crippen molar-refractivity contribution >= 4 is 58.9 Å². The van der Waals surface area contributed by atoms with Crippen molar-refractivity contribution in [1.29, 1.82) is 0 Å². The van der Waals surface area contributed by atoms with E-state index in [9.17, 15) is 0 Å². The summed E-state index contributed by atoms with van der Waals surface area (Å²) in [5.41, 5.74) is 0. The van der Waals surface area contributed by atoms with E-state index in [2.05, 4.69) is 0 Å². The van der Waals surface area contributed by atoms with Gasteiger partial charge in [-0.05, 0) is 13.8 Å². The Labute approximate surface area is 189 Å². The van der Waals surface area contributed by atoms with Crippen LogP contribution in [0.2, 0.25) is 0 Å². The SMILES string of the molecule is CCOCC.[AlH3].[Cl][Al]([Cl])[Cl].[H-].[H-].[H-].[H-].[H-].[Li+].[Li+].[Li+].[Li+].[Li+]. The molecule has 0 spiro atoms. The maximum absolute atomic E-state index is 4.94. The van der Waals surface area contributed by atoms with Crippen molar-refractivity contribution in [3.05, 3.63) is 0 Å². The number of rotatable bonds is 2. The van der Waals surface area contributed by atoms with Crippen molar-refractivity contribution < 1.29 is 106 Å². The minimum atomic E-state index is -1.72. The van der Waals surface area contributed by atoms with Gasteiger partial charge < -0.3 is 11.9 Å². The average molecular weight is 277 g/mol. The van der Waals surface area contributed by atoms with Gasteiger partial charge in [-0.15, -0.1) is 0 Å². The topological polar surface area (TPSA) is 9.23 Å². The summed E-state index contributed by atoms with van der Waals surface area (Å²) in [5, 5.41) is 0. The summed E-state index contributed by atoms with van der Waals surface area (Å²) in [6.07, 6.45) is 0. The molecule has 0 aromatic carbocycles. The average Bonchev–Trinajstić information content (AvgIpc) is 1.66. The van der Waals surface area contributed by atoms with E-state index >= 15 is 0 Å². The van der Waals surface area contributed by atoms with Crippen LogP contribution in [0.5, 0.6) is 0 Å². The molecule has 0 radical (unpaired) electrons. The first-order chi connectivity index (χ1) is 4.15. The molecule has 0 saturated heterocycles. The number of ether oxygens (including phenoxy) is 1. The molecule has 72 valence electrons. The molecule has 0 aliphatic rings. The second kappa shape index (κ2) is 51.0. The van der Waals surface area contributed by atoms with Crippen molar-refractivity contribution in [1.82, 2.24) is 0 Å². The summed E-state index contributed by atoms with van der Waals surface area (Å²) in [6, 6.07) is 0. The molecule has 1 nitrogen and oxygen atoms in total. The predicted molar refractivity (Wildman–Crippen MR) is 61.0 cm³/mol. The van der Waals surface area contributed by atoms with Crippen LogP contribution in [0.4, 0.5) is 0 Å². The maximum atomic E-state index is 4.94. The third-order valence-electron chi connectivity index (χ3n) is 0.408. The Balaban J connectivity index is -0.00000000289. The van der Waals surface area contributed by atoms with Crippen LogP contribution in [0, 0.1) is 0 Å². The van der Waals surface area contributed by atoms with Crippen molar-refractivity contribution in [2.45, 2.75) is 13.8 Å². The summed E-state index contributed by atoms with van der Waals surface area (Å²) in [6.45, 7) is 5.67. The van der Waals surface area contributed by atoms with Gasteiger partial charge in [0.1, 0.15) is 0 Å². The maximum Gasteiger partial charge on any atom is 1.00 e. The molecule has 0 heterocycles. The van der Waals surface area contributed by atoms with E-state index in [1.165, 1.54) is 0 Å². The molecule has 0 aromatic rings. The fourth-order valence-corrected chi connectivity index (χ4v) is 0.204. The second-order valence-electron chi connectivity index (χ2n) is 1.03. The van der Waals surface area contributed by atoms with Gasteiger partial charge in [-0.3, -0.25) is 0 Å². The van der Waals surface area contributed by atoms with Gasteiger partial charge in [0.05, 0.1) is 0 Å². The van der Waals surface area contributed by atoms with Crippen molar-refractivity contribution in [3.63, 3.8) is 0 Å². The van der Waals surface area contributed by atoms with Gasteiger partial charge in [-0.25, -0.2) is 30.1 Å². The molecule has 0 atom stereocenters. The van der Waals surface area contributed by atoms with Gasteiger partial charge in [0.25, 0.3) is 0 Å².